The molecule has 0 bridgehead atoms. The van der Waals surface area contributed by atoms with Crippen molar-refractivity contribution in [3.8, 4) is 0 Å². The van der Waals surface area contributed by atoms with E-state index in [2.05, 4.69) is 5.32 Å². The SMILES string of the molecule is Cc1cc(NC(=O)COC(=O)c2ccc(Cl)c([N+](=O)[O-])c2)c([N+](=O)[O-])cc1C. The van der Waals surface area contributed by atoms with Crippen LogP contribution < -0.4 is 5.32 Å². The molecule has 28 heavy (non-hydrogen) atoms. The maximum absolute atomic E-state index is 12.0. The van der Waals surface area contributed by atoms with E-state index >= 15 is 0 Å². The fraction of sp³-hybridized carbons (Fsp3) is 0.176. The van der Waals surface area contributed by atoms with Gasteiger partial charge in [-0.2, -0.15) is 0 Å². The van der Waals surface area contributed by atoms with Crippen molar-refractivity contribution in [2.75, 3.05) is 11.9 Å². The molecule has 2 rings (SSSR count). The number of hydrogen-bond donors (Lipinski definition) is 1. The summed E-state index contributed by atoms with van der Waals surface area (Å²) in [6.45, 7) is 2.68. The molecular weight excluding hydrogens is 394 g/mol. The second kappa shape index (κ2) is 8.44. The van der Waals surface area contributed by atoms with E-state index in [4.69, 9.17) is 16.3 Å². The van der Waals surface area contributed by atoms with E-state index in [0.29, 0.717) is 5.56 Å². The van der Waals surface area contributed by atoms with Gasteiger partial charge >= 0.3 is 5.97 Å². The summed E-state index contributed by atoms with van der Waals surface area (Å²) in [5.41, 5.74) is 0.437. The lowest BCUT2D eigenvalue weighted by Crippen LogP contribution is -2.21. The number of nitrogens with zero attached hydrogens (tertiary/aromatic N) is 2. The molecule has 0 saturated carbocycles. The third kappa shape index (κ3) is 4.80. The van der Waals surface area contributed by atoms with Gasteiger partial charge in [0.05, 0.1) is 15.4 Å². The van der Waals surface area contributed by atoms with Crippen LogP contribution in [-0.2, 0) is 9.53 Å². The van der Waals surface area contributed by atoms with Gasteiger partial charge in [0, 0.05) is 12.1 Å². The summed E-state index contributed by atoms with van der Waals surface area (Å²) in [7, 11) is 0. The van der Waals surface area contributed by atoms with Gasteiger partial charge in [0.25, 0.3) is 17.3 Å². The van der Waals surface area contributed by atoms with Crippen LogP contribution in [0.2, 0.25) is 5.02 Å². The molecule has 1 amide bonds. The first-order chi connectivity index (χ1) is 13.1. The lowest BCUT2D eigenvalue weighted by atomic mass is 10.1. The van der Waals surface area contributed by atoms with Crippen LogP contribution in [-0.4, -0.2) is 28.3 Å². The summed E-state index contributed by atoms with van der Waals surface area (Å²) in [5.74, 6) is -1.78. The Hall–Kier alpha value is -3.53. The van der Waals surface area contributed by atoms with Crippen LogP contribution in [0.1, 0.15) is 21.5 Å². The number of ether oxygens (including phenoxy) is 1. The molecule has 0 aliphatic carbocycles. The second-order valence-electron chi connectivity index (χ2n) is 5.76. The van der Waals surface area contributed by atoms with E-state index in [1.165, 1.54) is 18.2 Å². The molecule has 2 aromatic rings. The molecule has 0 atom stereocenters. The normalized spacial score (nSPS) is 10.2. The molecule has 2 aromatic carbocycles. The van der Waals surface area contributed by atoms with Crippen LogP contribution in [0.15, 0.2) is 30.3 Å². The highest BCUT2D eigenvalue weighted by Crippen LogP contribution is 2.28. The summed E-state index contributed by atoms with van der Waals surface area (Å²) in [5, 5.41) is 24.2. The Bertz CT molecular complexity index is 991. The van der Waals surface area contributed by atoms with Gasteiger partial charge in [0.2, 0.25) is 0 Å². The highest BCUT2D eigenvalue weighted by atomic mass is 35.5. The lowest BCUT2D eigenvalue weighted by molar-refractivity contribution is -0.384. The van der Waals surface area contributed by atoms with Gasteiger partial charge in [-0.3, -0.25) is 25.0 Å². The van der Waals surface area contributed by atoms with Gasteiger partial charge in [-0.25, -0.2) is 4.79 Å². The maximum atomic E-state index is 12.0. The Kier molecular flexibility index (Phi) is 6.26. The molecule has 0 spiro atoms. The number of nitro benzene ring substituents is 2. The van der Waals surface area contributed by atoms with Crippen LogP contribution in [0, 0.1) is 34.1 Å². The van der Waals surface area contributed by atoms with Crippen LogP contribution in [0.5, 0.6) is 0 Å². The zero-order valence-electron chi connectivity index (χ0n) is 14.7. The summed E-state index contributed by atoms with van der Waals surface area (Å²) >= 11 is 5.66. The summed E-state index contributed by atoms with van der Waals surface area (Å²) < 4.78 is 4.80. The van der Waals surface area contributed by atoms with Gasteiger partial charge in [-0.15, -0.1) is 0 Å². The van der Waals surface area contributed by atoms with E-state index in [9.17, 15) is 29.8 Å². The number of hydrogen-bond acceptors (Lipinski definition) is 7. The number of aryl methyl sites for hydroxylation is 2. The first kappa shape index (κ1) is 20.8. The van der Waals surface area contributed by atoms with Crippen LogP contribution >= 0.6 is 11.6 Å². The van der Waals surface area contributed by atoms with Crippen LogP contribution in [0.3, 0.4) is 0 Å². The molecule has 146 valence electrons. The monoisotopic (exact) mass is 407 g/mol. The number of nitro groups is 2. The van der Waals surface area contributed by atoms with Crippen molar-refractivity contribution >= 4 is 40.5 Å². The van der Waals surface area contributed by atoms with Crippen molar-refractivity contribution in [1.82, 2.24) is 0 Å². The van der Waals surface area contributed by atoms with Gasteiger partial charge in [-0.1, -0.05) is 11.6 Å². The third-order valence-electron chi connectivity index (χ3n) is 3.80. The topological polar surface area (TPSA) is 142 Å². The molecular formula is C17H14ClN3O7. The molecule has 1 N–H and O–H groups in total. The first-order valence-electron chi connectivity index (χ1n) is 7.76. The Morgan fingerprint density at radius 1 is 1.04 bits per heavy atom. The number of benzene rings is 2. The number of carbonyl (C=O) groups excluding carboxylic acids is 2. The zero-order chi connectivity index (χ0) is 21.0. The Morgan fingerprint density at radius 2 is 1.64 bits per heavy atom. The number of carbonyl (C=O) groups is 2. The average molecular weight is 408 g/mol. The van der Waals surface area contributed by atoms with Gasteiger partial charge in [0.15, 0.2) is 6.61 Å². The fourth-order valence-electron chi connectivity index (χ4n) is 2.23. The molecule has 0 aliphatic rings. The standard InChI is InChI=1S/C17H14ClN3O7/c1-9-5-13(15(21(26)27)6-10(9)2)19-16(22)8-28-17(23)11-3-4-12(18)14(7-11)20(24)25/h3-7H,8H2,1-2H3,(H,19,22). The van der Waals surface area contributed by atoms with Crippen molar-refractivity contribution in [3.63, 3.8) is 0 Å². The summed E-state index contributed by atoms with van der Waals surface area (Å²) in [4.78, 5) is 44.6. The van der Waals surface area contributed by atoms with Gasteiger partial charge in [-0.05, 0) is 43.2 Å². The van der Waals surface area contributed by atoms with Crippen molar-refractivity contribution in [2.45, 2.75) is 13.8 Å². The van der Waals surface area contributed by atoms with E-state index in [0.717, 1.165) is 17.7 Å². The zero-order valence-corrected chi connectivity index (χ0v) is 15.5. The molecule has 0 unspecified atom stereocenters. The molecule has 11 heteroatoms. The van der Waals surface area contributed by atoms with Gasteiger partial charge < -0.3 is 10.1 Å². The highest BCUT2D eigenvalue weighted by molar-refractivity contribution is 6.32. The van der Waals surface area contributed by atoms with Crippen molar-refractivity contribution in [3.05, 3.63) is 72.3 Å². The fourth-order valence-corrected chi connectivity index (χ4v) is 2.42. The minimum Gasteiger partial charge on any atom is -0.452 e. The predicted molar refractivity (Wildman–Crippen MR) is 99.6 cm³/mol. The molecule has 0 heterocycles. The van der Waals surface area contributed by atoms with E-state index in [1.807, 2.05) is 0 Å². The quantitative estimate of drug-likeness (QED) is 0.438. The Balaban J connectivity index is 2.08. The number of rotatable bonds is 6. The lowest BCUT2D eigenvalue weighted by Gasteiger charge is -2.09. The predicted octanol–water partition coefficient (Wildman–Crippen LogP) is 3.57. The summed E-state index contributed by atoms with van der Waals surface area (Å²) in [6, 6.07) is 6.06. The maximum Gasteiger partial charge on any atom is 0.338 e. The Morgan fingerprint density at radius 3 is 2.25 bits per heavy atom. The van der Waals surface area contributed by atoms with Gasteiger partial charge in [0.1, 0.15) is 10.7 Å². The van der Waals surface area contributed by atoms with E-state index in [-0.39, 0.29) is 22.0 Å². The molecule has 0 aromatic heterocycles. The largest absolute Gasteiger partial charge is 0.452 e. The minimum atomic E-state index is -0.982. The van der Waals surface area contributed by atoms with Crippen LogP contribution in [0.4, 0.5) is 17.1 Å². The molecule has 0 fully saturated rings. The highest BCUT2D eigenvalue weighted by Gasteiger charge is 2.20. The van der Waals surface area contributed by atoms with Crippen LogP contribution in [0.25, 0.3) is 0 Å². The Labute approximate surface area is 163 Å². The molecule has 10 nitrogen and oxygen atoms in total. The second-order valence-corrected chi connectivity index (χ2v) is 6.17. The minimum absolute atomic E-state index is 0.0312. The van der Waals surface area contributed by atoms with E-state index in [1.54, 1.807) is 13.8 Å². The first-order valence-corrected chi connectivity index (χ1v) is 8.14. The molecule has 0 radical (unpaired) electrons. The number of halogens is 1. The number of anilines is 1. The van der Waals surface area contributed by atoms with Crippen molar-refractivity contribution in [1.29, 1.82) is 0 Å². The van der Waals surface area contributed by atoms with Crippen molar-refractivity contribution < 1.29 is 24.2 Å². The smallest absolute Gasteiger partial charge is 0.338 e. The third-order valence-corrected chi connectivity index (χ3v) is 4.12. The number of amides is 1. The average Bonchev–Trinajstić information content (AvgIpc) is 2.62. The molecule has 0 aliphatic heterocycles. The number of nitrogens with one attached hydrogen (secondary N) is 1. The van der Waals surface area contributed by atoms with E-state index < -0.39 is 34.0 Å². The number of esters is 1. The molecule has 0 saturated heterocycles. The van der Waals surface area contributed by atoms with Crippen molar-refractivity contribution in [2.24, 2.45) is 0 Å². The summed E-state index contributed by atoms with van der Waals surface area (Å²) in [6.07, 6.45) is 0.